The molecule has 67 heavy (non-hydrogen) atoms. The Balaban J connectivity index is 0.000000248. The number of methoxy groups -OCH3 is 2. The van der Waals surface area contributed by atoms with Gasteiger partial charge in [-0.3, -0.25) is 28.8 Å². The fourth-order valence-electron chi connectivity index (χ4n) is 6.48. The van der Waals surface area contributed by atoms with E-state index in [1.54, 1.807) is 24.3 Å². The molecule has 0 aliphatic carbocycles. The molecule has 4 aromatic rings. The molecule has 0 unspecified atom stereocenters. The van der Waals surface area contributed by atoms with Crippen molar-refractivity contribution < 1.29 is 74.2 Å². The predicted molar refractivity (Wildman–Crippen MR) is 227 cm³/mol. The predicted octanol–water partition coefficient (Wildman–Crippen LogP) is 5.23. The molecular weight excluding hydrogens is 922 g/mol. The molecule has 23 heteroatoms. The van der Waals surface area contributed by atoms with Gasteiger partial charge in [-0.2, -0.15) is 26.3 Å². The van der Waals surface area contributed by atoms with Gasteiger partial charge in [-0.05, 0) is 72.3 Å². The number of nitrogen functional groups attached to an aromatic ring is 1. The molecule has 4 aromatic carbocycles. The molecule has 6 rings (SSSR count). The number of nitrogens with one attached hydrogen (secondary N) is 1. The molecule has 5 amide bonds. The van der Waals surface area contributed by atoms with Crippen molar-refractivity contribution in [2.75, 3.05) is 77.6 Å². The maximum absolute atomic E-state index is 13.2. The van der Waals surface area contributed by atoms with E-state index in [4.69, 9.17) is 17.3 Å². The molecule has 2 aliphatic rings. The van der Waals surface area contributed by atoms with E-state index in [9.17, 15) is 64.7 Å². The first kappa shape index (κ1) is 52.1. The number of benzene rings is 4. The van der Waals surface area contributed by atoms with E-state index in [-0.39, 0.29) is 69.6 Å². The van der Waals surface area contributed by atoms with Crippen LogP contribution < -0.4 is 11.1 Å². The number of nitrogens with zero attached hydrogens (tertiary/aromatic N) is 4. The van der Waals surface area contributed by atoms with Gasteiger partial charge >= 0.3 is 47.3 Å². The number of rotatable bonds is 6. The molecule has 0 aromatic heterocycles. The fourth-order valence-corrected chi connectivity index (χ4v) is 6.60. The summed E-state index contributed by atoms with van der Waals surface area (Å²) in [7, 11) is 2.55. The van der Waals surface area contributed by atoms with Crippen LogP contribution >= 0.6 is 11.6 Å². The molecule has 16 nitrogen and oxygen atoms in total. The van der Waals surface area contributed by atoms with Gasteiger partial charge in [0.1, 0.15) is 0 Å². The monoisotopic (exact) mass is 962 g/mol. The first-order valence-corrected chi connectivity index (χ1v) is 20.1. The number of carbonyl (C=O) groups excluding carboxylic acids is 8. The molecule has 0 saturated carbocycles. The van der Waals surface area contributed by atoms with Crippen LogP contribution in [0.5, 0.6) is 0 Å². The van der Waals surface area contributed by atoms with Gasteiger partial charge in [0.2, 0.25) is 0 Å². The third kappa shape index (κ3) is 14.2. The van der Waals surface area contributed by atoms with E-state index < -0.39 is 75.4 Å². The lowest BCUT2D eigenvalue weighted by Crippen LogP contribution is -2.53. The van der Waals surface area contributed by atoms with Gasteiger partial charge in [0.25, 0.3) is 11.8 Å². The van der Waals surface area contributed by atoms with Crippen LogP contribution in [0.25, 0.3) is 0 Å². The van der Waals surface area contributed by atoms with Gasteiger partial charge in [-0.25, -0.2) is 9.59 Å². The molecule has 0 atom stereocenters. The van der Waals surface area contributed by atoms with Crippen LogP contribution in [0.1, 0.15) is 52.6 Å². The minimum Gasteiger partial charge on any atom is -0.465 e. The number of amides is 5. The summed E-state index contributed by atoms with van der Waals surface area (Å²) in [6.45, 7) is 0.0444. The van der Waals surface area contributed by atoms with Crippen molar-refractivity contribution in [3.05, 3.63) is 130 Å². The summed E-state index contributed by atoms with van der Waals surface area (Å²) < 4.78 is 87.6. The van der Waals surface area contributed by atoms with Crippen LogP contribution in [0.15, 0.2) is 97.1 Å². The second-order valence-electron chi connectivity index (χ2n) is 14.2. The Morgan fingerprint density at radius 3 is 1.33 bits per heavy atom. The van der Waals surface area contributed by atoms with E-state index in [1.807, 2.05) is 0 Å². The number of hydrogen-bond acceptors (Lipinski definition) is 11. The number of nitrogens with two attached hydrogens (primary N) is 1. The van der Waals surface area contributed by atoms with E-state index in [1.165, 1.54) is 77.5 Å². The van der Waals surface area contributed by atoms with Crippen LogP contribution in [-0.4, -0.2) is 133 Å². The summed E-state index contributed by atoms with van der Waals surface area (Å²) in [6.07, 6.45) is -9.30. The average Bonchev–Trinajstić information content (AvgIpc) is 3.32. The molecule has 2 saturated heterocycles. The van der Waals surface area contributed by atoms with Gasteiger partial charge < -0.3 is 40.1 Å². The highest BCUT2D eigenvalue weighted by molar-refractivity contribution is 6.80. The van der Waals surface area contributed by atoms with Gasteiger partial charge in [0.05, 0.1) is 47.6 Å². The summed E-state index contributed by atoms with van der Waals surface area (Å²) in [5.41, 5.74) is 3.96. The second-order valence-corrected chi connectivity index (χ2v) is 14.5. The first-order valence-electron chi connectivity index (χ1n) is 19.7. The average molecular weight is 963 g/mol. The Kier molecular flexibility index (Phi) is 18.0. The SMILES string of the molecule is COC(=O)c1cccc(N)c1.COC(=O)c1cccc(NC(=O)C(=O)N2CCN(C(=O)c3ccccc3C(F)(F)F)CC2)c1.O=C(Cl)C(=O)N1CCN(C(=O)c2ccccc2C(F)(F)F)CC1. The highest BCUT2D eigenvalue weighted by Crippen LogP contribution is 2.34. The Bertz CT molecular complexity index is 2490. The van der Waals surface area contributed by atoms with Crippen LogP contribution in [-0.2, 0) is 41.0 Å². The molecule has 0 spiro atoms. The number of piperazine rings is 2. The van der Waals surface area contributed by atoms with Gasteiger partial charge in [0, 0.05) is 63.7 Å². The van der Waals surface area contributed by atoms with Gasteiger partial charge in [-0.1, -0.05) is 36.4 Å². The topological polar surface area (TPSA) is 206 Å². The van der Waals surface area contributed by atoms with Gasteiger partial charge in [0.15, 0.2) is 0 Å². The zero-order chi connectivity index (χ0) is 49.6. The molecule has 0 bridgehead atoms. The van der Waals surface area contributed by atoms with E-state index in [0.717, 1.165) is 29.2 Å². The van der Waals surface area contributed by atoms with Crippen LogP contribution in [0.2, 0.25) is 0 Å². The lowest BCUT2D eigenvalue weighted by molar-refractivity contribution is -0.144. The van der Waals surface area contributed by atoms with Gasteiger partial charge in [-0.15, -0.1) is 0 Å². The van der Waals surface area contributed by atoms with Crippen molar-refractivity contribution in [1.29, 1.82) is 0 Å². The van der Waals surface area contributed by atoms with Crippen LogP contribution in [0.3, 0.4) is 0 Å². The summed E-state index contributed by atoms with van der Waals surface area (Å²) >= 11 is 5.09. The number of carbonyl (C=O) groups is 8. The molecule has 356 valence electrons. The standard InChI is InChI=1S/C22H20F3N3O5.C14H12ClF3N2O3.C8H9NO2/c1-33-21(32)14-5-4-6-15(13-14)26-18(29)20(31)28-11-9-27(10-12-28)19(30)16-7-2-3-8-17(16)22(23,24)25;15-11(21)13(23)20-7-5-19(6-8-20)12(22)9-3-1-2-4-10(9)14(16,17)18;1-11-8(10)6-3-2-4-7(9)5-6/h2-8,13H,9-12H2,1H3,(H,26,29);1-4H,5-8H2;2-5H,9H2,1H3. The zero-order valence-corrected chi connectivity index (χ0v) is 36.2. The summed E-state index contributed by atoms with van der Waals surface area (Å²) in [5.74, 6) is -5.21. The van der Waals surface area contributed by atoms with E-state index in [0.29, 0.717) is 11.3 Å². The molecule has 0 radical (unpaired) electrons. The highest BCUT2D eigenvalue weighted by atomic mass is 35.5. The van der Waals surface area contributed by atoms with Crippen molar-refractivity contribution in [2.24, 2.45) is 0 Å². The summed E-state index contributed by atoms with van der Waals surface area (Å²) in [5, 5.41) is 1.27. The number of alkyl halides is 6. The van der Waals surface area contributed by atoms with E-state index in [2.05, 4.69) is 14.8 Å². The van der Waals surface area contributed by atoms with Crippen LogP contribution in [0.4, 0.5) is 37.7 Å². The zero-order valence-electron chi connectivity index (χ0n) is 35.5. The normalized spacial score (nSPS) is 13.7. The maximum Gasteiger partial charge on any atom is 0.417 e. The number of esters is 2. The van der Waals surface area contributed by atoms with Crippen molar-refractivity contribution in [3.63, 3.8) is 0 Å². The molecule has 2 heterocycles. The number of hydrogen-bond donors (Lipinski definition) is 2. The Morgan fingerprint density at radius 1 is 0.537 bits per heavy atom. The van der Waals surface area contributed by atoms with Crippen molar-refractivity contribution in [2.45, 2.75) is 12.4 Å². The van der Waals surface area contributed by atoms with Crippen molar-refractivity contribution in [1.82, 2.24) is 19.6 Å². The molecule has 2 aliphatic heterocycles. The van der Waals surface area contributed by atoms with E-state index >= 15 is 0 Å². The third-order valence-corrected chi connectivity index (χ3v) is 10.0. The fraction of sp³-hybridized carbons (Fsp3) is 0.273. The number of anilines is 2. The Morgan fingerprint density at radius 2 is 0.925 bits per heavy atom. The summed E-state index contributed by atoms with van der Waals surface area (Å²) in [4.78, 5) is 99.3. The maximum atomic E-state index is 13.2. The third-order valence-electron chi connectivity index (χ3n) is 9.85. The second kappa shape index (κ2) is 23.1. The van der Waals surface area contributed by atoms with Crippen molar-refractivity contribution >= 4 is 69.7 Å². The quantitative estimate of drug-likeness (QED) is 0.0842. The smallest absolute Gasteiger partial charge is 0.417 e. The minimum absolute atomic E-state index is 0.0195. The van der Waals surface area contributed by atoms with Crippen LogP contribution in [0, 0.1) is 0 Å². The van der Waals surface area contributed by atoms with Crippen molar-refractivity contribution in [3.8, 4) is 0 Å². The number of ether oxygens (including phenoxy) is 2. The minimum atomic E-state index is -4.67. The lowest BCUT2D eigenvalue weighted by Gasteiger charge is -2.34. The first-order chi connectivity index (χ1) is 31.6. The lowest BCUT2D eigenvalue weighted by atomic mass is 10.1. The largest absolute Gasteiger partial charge is 0.465 e. The Hall–Kier alpha value is -7.49. The Labute approximate surface area is 383 Å². The number of halogens is 7. The highest BCUT2D eigenvalue weighted by Gasteiger charge is 2.38. The molecule has 3 N–H and O–H groups in total. The molecular formula is C44H41ClF6N6O10. The molecule has 2 fully saturated rings. The summed E-state index contributed by atoms with van der Waals surface area (Å²) in [6, 6.07) is 21.5.